The van der Waals surface area contributed by atoms with Gasteiger partial charge in [-0.1, -0.05) is 35.9 Å². The van der Waals surface area contributed by atoms with Crippen molar-refractivity contribution in [3.8, 4) is 17.0 Å². The molecule has 0 saturated heterocycles. The average Bonchev–Trinajstić information content (AvgIpc) is 2.98. The summed E-state index contributed by atoms with van der Waals surface area (Å²) in [7, 11) is 1.64. The van der Waals surface area contributed by atoms with Crippen LogP contribution in [0.5, 0.6) is 5.75 Å². The van der Waals surface area contributed by atoms with E-state index in [1.54, 1.807) is 7.11 Å². The van der Waals surface area contributed by atoms with E-state index in [1.165, 1.54) is 5.56 Å². The first-order valence-electron chi connectivity index (χ1n) is 8.38. The number of methoxy groups -OCH3 is 1. The summed E-state index contributed by atoms with van der Waals surface area (Å²) in [6, 6.07) is 17.4. The van der Waals surface area contributed by atoms with Crippen molar-refractivity contribution in [3.63, 3.8) is 0 Å². The van der Waals surface area contributed by atoms with Crippen LogP contribution in [0.3, 0.4) is 0 Å². The SMILES string of the molecule is COc1cccc(-c2cc(C(N)=O)c(C)n2CCc2ccc(Cl)cc2)c1. The highest BCUT2D eigenvalue weighted by molar-refractivity contribution is 6.30. The van der Waals surface area contributed by atoms with Crippen molar-refractivity contribution < 1.29 is 9.53 Å². The second kappa shape index (κ2) is 7.67. The topological polar surface area (TPSA) is 57.2 Å². The van der Waals surface area contributed by atoms with Gasteiger partial charge in [0.2, 0.25) is 0 Å². The number of aryl methyl sites for hydroxylation is 1. The summed E-state index contributed by atoms with van der Waals surface area (Å²) >= 11 is 5.96. The average molecular weight is 369 g/mol. The number of rotatable bonds is 6. The first-order valence-corrected chi connectivity index (χ1v) is 8.76. The van der Waals surface area contributed by atoms with E-state index in [0.717, 1.165) is 40.7 Å². The Kier molecular flexibility index (Phi) is 5.33. The lowest BCUT2D eigenvalue weighted by atomic mass is 10.1. The van der Waals surface area contributed by atoms with Crippen molar-refractivity contribution >= 4 is 17.5 Å². The number of carbonyl (C=O) groups excluding carboxylic acids is 1. The fourth-order valence-corrected chi connectivity index (χ4v) is 3.22. The van der Waals surface area contributed by atoms with E-state index >= 15 is 0 Å². The van der Waals surface area contributed by atoms with Crippen LogP contribution >= 0.6 is 11.6 Å². The number of nitrogens with zero attached hydrogens (tertiary/aromatic N) is 1. The van der Waals surface area contributed by atoms with E-state index < -0.39 is 5.91 Å². The fourth-order valence-electron chi connectivity index (χ4n) is 3.10. The van der Waals surface area contributed by atoms with Crippen molar-refractivity contribution in [2.45, 2.75) is 19.9 Å². The molecule has 0 bridgehead atoms. The van der Waals surface area contributed by atoms with Crippen molar-refractivity contribution in [2.24, 2.45) is 5.73 Å². The van der Waals surface area contributed by atoms with Gasteiger partial charge in [-0.05, 0) is 49.2 Å². The molecule has 4 nitrogen and oxygen atoms in total. The molecule has 3 rings (SSSR count). The molecule has 26 heavy (non-hydrogen) atoms. The molecule has 134 valence electrons. The van der Waals surface area contributed by atoms with E-state index in [4.69, 9.17) is 22.1 Å². The molecule has 0 aliphatic carbocycles. The Labute approximate surface area is 158 Å². The number of aromatic nitrogens is 1. The summed E-state index contributed by atoms with van der Waals surface area (Å²) in [5, 5.41) is 0.721. The van der Waals surface area contributed by atoms with Gasteiger partial charge in [0.25, 0.3) is 5.91 Å². The minimum absolute atomic E-state index is 0.420. The molecule has 0 spiro atoms. The quantitative estimate of drug-likeness (QED) is 0.698. The van der Waals surface area contributed by atoms with E-state index in [9.17, 15) is 4.79 Å². The number of halogens is 1. The van der Waals surface area contributed by atoms with Gasteiger partial charge in [-0.2, -0.15) is 0 Å². The molecule has 0 aliphatic rings. The molecule has 0 fully saturated rings. The highest BCUT2D eigenvalue weighted by atomic mass is 35.5. The first-order chi connectivity index (χ1) is 12.5. The number of ether oxygens (including phenoxy) is 1. The second-order valence-electron chi connectivity index (χ2n) is 6.15. The van der Waals surface area contributed by atoms with Gasteiger partial charge >= 0.3 is 0 Å². The lowest BCUT2D eigenvalue weighted by molar-refractivity contribution is 0.0999. The maximum Gasteiger partial charge on any atom is 0.250 e. The predicted molar refractivity (Wildman–Crippen MR) is 105 cm³/mol. The van der Waals surface area contributed by atoms with E-state index in [1.807, 2.05) is 61.5 Å². The standard InChI is InChI=1S/C21H21ClN2O2/c1-14-19(21(23)25)13-20(16-4-3-5-18(12-16)26-2)24(14)11-10-15-6-8-17(22)9-7-15/h3-9,12-13H,10-11H2,1-2H3,(H2,23,25). The van der Waals surface area contributed by atoms with Gasteiger partial charge in [0.05, 0.1) is 12.7 Å². The Bertz CT molecular complexity index is 930. The molecule has 0 radical (unpaired) electrons. The smallest absolute Gasteiger partial charge is 0.250 e. The molecule has 1 aromatic heterocycles. The largest absolute Gasteiger partial charge is 0.497 e. The minimum Gasteiger partial charge on any atom is -0.497 e. The molecule has 3 aromatic rings. The number of benzene rings is 2. The van der Waals surface area contributed by atoms with Crippen LogP contribution in [0.2, 0.25) is 5.02 Å². The van der Waals surface area contributed by atoms with Gasteiger partial charge in [-0.15, -0.1) is 0 Å². The number of nitrogens with two attached hydrogens (primary N) is 1. The highest BCUT2D eigenvalue weighted by Crippen LogP contribution is 2.29. The molecule has 0 unspecified atom stereocenters. The molecular formula is C21H21ClN2O2. The normalized spacial score (nSPS) is 10.7. The van der Waals surface area contributed by atoms with E-state index in [-0.39, 0.29) is 0 Å². The summed E-state index contributed by atoms with van der Waals surface area (Å²) in [4.78, 5) is 11.8. The Morgan fingerprint density at radius 1 is 1.15 bits per heavy atom. The fraction of sp³-hybridized carbons (Fsp3) is 0.190. The van der Waals surface area contributed by atoms with Crippen LogP contribution in [0.1, 0.15) is 21.6 Å². The third kappa shape index (κ3) is 3.75. The van der Waals surface area contributed by atoms with E-state index in [0.29, 0.717) is 5.56 Å². The van der Waals surface area contributed by atoms with E-state index in [2.05, 4.69) is 4.57 Å². The van der Waals surface area contributed by atoms with Crippen LogP contribution in [0.15, 0.2) is 54.6 Å². The number of primary amides is 1. The molecule has 0 atom stereocenters. The summed E-state index contributed by atoms with van der Waals surface area (Å²) < 4.78 is 7.46. The highest BCUT2D eigenvalue weighted by Gasteiger charge is 2.17. The summed E-state index contributed by atoms with van der Waals surface area (Å²) in [5.41, 5.74) is 10.1. The Hall–Kier alpha value is -2.72. The maximum absolute atomic E-state index is 11.8. The molecule has 5 heteroatoms. The molecule has 0 aliphatic heterocycles. The summed E-state index contributed by atoms with van der Waals surface area (Å²) in [6.07, 6.45) is 0.821. The van der Waals surface area contributed by atoms with Crippen molar-refractivity contribution in [1.29, 1.82) is 0 Å². The molecule has 1 amide bonds. The monoisotopic (exact) mass is 368 g/mol. The molecular weight excluding hydrogens is 348 g/mol. The van der Waals surface area contributed by atoms with Gasteiger partial charge in [0, 0.05) is 28.5 Å². The summed E-state index contributed by atoms with van der Waals surface area (Å²) in [5.74, 6) is 0.350. The maximum atomic E-state index is 11.8. The summed E-state index contributed by atoms with van der Waals surface area (Å²) in [6.45, 7) is 2.65. The van der Waals surface area contributed by atoms with Gasteiger partial charge in [0.15, 0.2) is 0 Å². The Balaban J connectivity index is 1.99. The zero-order chi connectivity index (χ0) is 18.7. The second-order valence-corrected chi connectivity index (χ2v) is 6.59. The first kappa shape index (κ1) is 18.1. The van der Waals surface area contributed by atoms with Crippen LogP contribution in [0.4, 0.5) is 0 Å². The number of hydrogen-bond acceptors (Lipinski definition) is 2. The van der Waals surface area contributed by atoms with Crippen LogP contribution in [-0.4, -0.2) is 17.6 Å². The predicted octanol–water partition coefficient (Wildman–Crippen LogP) is 4.47. The van der Waals surface area contributed by atoms with Crippen LogP contribution in [0, 0.1) is 6.92 Å². The lowest BCUT2D eigenvalue weighted by Gasteiger charge is -2.13. The molecule has 1 heterocycles. The van der Waals surface area contributed by atoms with Gasteiger partial charge in [-0.25, -0.2) is 0 Å². The number of amides is 1. The third-order valence-corrected chi connectivity index (χ3v) is 4.79. The zero-order valence-electron chi connectivity index (χ0n) is 14.8. The Morgan fingerprint density at radius 2 is 1.88 bits per heavy atom. The minimum atomic E-state index is -0.420. The van der Waals surface area contributed by atoms with Crippen LogP contribution in [-0.2, 0) is 13.0 Å². The van der Waals surface area contributed by atoms with Crippen LogP contribution in [0.25, 0.3) is 11.3 Å². The van der Waals surface area contributed by atoms with Gasteiger partial charge < -0.3 is 15.0 Å². The van der Waals surface area contributed by atoms with Gasteiger partial charge in [0.1, 0.15) is 5.75 Å². The van der Waals surface area contributed by atoms with Gasteiger partial charge in [-0.3, -0.25) is 4.79 Å². The Morgan fingerprint density at radius 3 is 2.54 bits per heavy atom. The van der Waals surface area contributed by atoms with Crippen molar-refractivity contribution in [3.05, 3.63) is 76.4 Å². The van der Waals surface area contributed by atoms with Crippen molar-refractivity contribution in [1.82, 2.24) is 4.57 Å². The number of hydrogen-bond donors (Lipinski definition) is 1. The van der Waals surface area contributed by atoms with Crippen molar-refractivity contribution in [2.75, 3.05) is 7.11 Å². The molecule has 0 saturated carbocycles. The molecule has 2 aromatic carbocycles. The lowest BCUT2D eigenvalue weighted by Crippen LogP contribution is -2.13. The number of carbonyl (C=O) groups is 1. The zero-order valence-corrected chi connectivity index (χ0v) is 15.6. The molecule has 2 N–H and O–H groups in total. The van der Waals surface area contributed by atoms with Crippen LogP contribution < -0.4 is 10.5 Å². The third-order valence-electron chi connectivity index (χ3n) is 4.53.